The number of benzene rings is 1. The molecule has 1 fully saturated rings. The summed E-state index contributed by atoms with van der Waals surface area (Å²) in [5.41, 5.74) is -0.184. The van der Waals surface area contributed by atoms with Crippen molar-refractivity contribution in [2.24, 2.45) is 0 Å². The fourth-order valence-corrected chi connectivity index (χ4v) is 2.84. The van der Waals surface area contributed by atoms with E-state index in [1.165, 1.54) is 18.2 Å². The summed E-state index contributed by atoms with van der Waals surface area (Å²) in [6, 6.07) is 4.25. The Morgan fingerprint density at radius 3 is 2.56 bits per heavy atom. The molecule has 1 aliphatic rings. The highest BCUT2D eigenvalue weighted by molar-refractivity contribution is 5.31. The third kappa shape index (κ3) is 1.63. The van der Waals surface area contributed by atoms with Crippen molar-refractivity contribution < 1.29 is 8.78 Å². The van der Waals surface area contributed by atoms with Crippen molar-refractivity contribution >= 4 is 0 Å². The lowest BCUT2D eigenvalue weighted by molar-refractivity contribution is 0.359. The summed E-state index contributed by atoms with van der Waals surface area (Å²) in [6.45, 7) is 4.81. The van der Waals surface area contributed by atoms with E-state index < -0.39 is 17.0 Å². The number of nitrogens with one attached hydrogen (secondary N) is 1. The largest absolute Gasteiger partial charge is 0.313 e. The maximum atomic E-state index is 13.8. The van der Waals surface area contributed by atoms with Crippen molar-refractivity contribution in [2.75, 3.05) is 6.54 Å². The van der Waals surface area contributed by atoms with Gasteiger partial charge in [0.05, 0.1) is 0 Å². The maximum Gasteiger partial charge on any atom is 0.129 e. The highest BCUT2D eigenvalue weighted by Gasteiger charge is 2.42. The number of rotatable bonds is 2. The van der Waals surface area contributed by atoms with Crippen molar-refractivity contribution in [3.05, 3.63) is 35.4 Å². The fraction of sp³-hybridized carbons (Fsp3) is 0.538. The highest BCUT2D eigenvalue weighted by atomic mass is 19.1. The fourth-order valence-electron chi connectivity index (χ4n) is 2.84. The van der Waals surface area contributed by atoms with Crippen molar-refractivity contribution in [1.82, 2.24) is 5.32 Å². The molecule has 3 heteroatoms. The molecular weight excluding hydrogens is 208 g/mol. The molecule has 0 spiro atoms. The van der Waals surface area contributed by atoms with Gasteiger partial charge in [0.25, 0.3) is 0 Å². The van der Waals surface area contributed by atoms with Crippen LogP contribution in [0, 0.1) is 11.6 Å². The summed E-state index contributed by atoms with van der Waals surface area (Å²) in [7, 11) is 0. The lowest BCUT2D eigenvalue weighted by Crippen LogP contribution is -2.38. The molecule has 1 saturated heterocycles. The first-order chi connectivity index (χ1) is 7.59. The van der Waals surface area contributed by atoms with Gasteiger partial charge in [-0.3, -0.25) is 0 Å². The Morgan fingerprint density at radius 2 is 2.00 bits per heavy atom. The van der Waals surface area contributed by atoms with Crippen molar-refractivity contribution in [2.45, 2.75) is 38.1 Å². The molecule has 2 rings (SSSR count). The Bertz CT molecular complexity index is 371. The Labute approximate surface area is 94.9 Å². The Kier molecular flexibility index (Phi) is 2.98. The second-order valence-electron chi connectivity index (χ2n) is 4.68. The van der Waals surface area contributed by atoms with E-state index in [0.29, 0.717) is 0 Å². The molecule has 0 radical (unpaired) electrons. The predicted molar refractivity (Wildman–Crippen MR) is 60.4 cm³/mol. The normalized spacial score (nSPS) is 29.6. The molecule has 0 aliphatic carbocycles. The summed E-state index contributed by atoms with van der Waals surface area (Å²) in [4.78, 5) is 0. The van der Waals surface area contributed by atoms with Crippen molar-refractivity contribution in [3.8, 4) is 0 Å². The first kappa shape index (κ1) is 11.5. The van der Waals surface area contributed by atoms with Crippen molar-refractivity contribution in [3.63, 3.8) is 0 Å². The van der Waals surface area contributed by atoms with Crippen LogP contribution in [0.15, 0.2) is 18.2 Å². The molecule has 1 aliphatic heterocycles. The second-order valence-corrected chi connectivity index (χ2v) is 4.68. The molecule has 2 unspecified atom stereocenters. The van der Waals surface area contributed by atoms with Gasteiger partial charge in [-0.15, -0.1) is 0 Å². The maximum absolute atomic E-state index is 13.8. The van der Waals surface area contributed by atoms with E-state index in [-0.39, 0.29) is 11.6 Å². The Balaban J connectivity index is 2.50. The van der Waals surface area contributed by atoms with Gasteiger partial charge in [0.15, 0.2) is 0 Å². The molecule has 1 N–H and O–H groups in total. The van der Waals surface area contributed by atoms with Gasteiger partial charge in [-0.1, -0.05) is 19.9 Å². The van der Waals surface area contributed by atoms with Crippen molar-refractivity contribution in [1.29, 1.82) is 0 Å². The van der Waals surface area contributed by atoms with Crippen LogP contribution in [0.4, 0.5) is 8.78 Å². The van der Waals surface area contributed by atoms with Gasteiger partial charge in [0.2, 0.25) is 0 Å². The van der Waals surface area contributed by atoms with Crippen LogP contribution < -0.4 is 5.32 Å². The second kappa shape index (κ2) is 4.13. The van der Waals surface area contributed by atoms with E-state index in [1.807, 2.05) is 13.8 Å². The predicted octanol–water partition coefficient (Wildman–Crippen LogP) is 2.99. The van der Waals surface area contributed by atoms with E-state index in [1.54, 1.807) is 0 Å². The zero-order valence-corrected chi connectivity index (χ0v) is 9.69. The topological polar surface area (TPSA) is 12.0 Å². The van der Waals surface area contributed by atoms with Gasteiger partial charge in [-0.2, -0.15) is 0 Å². The quantitative estimate of drug-likeness (QED) is 0.816. The molecule has 0 amide bonds. The SMILES string of the molecule is CCC1NCCC1(C)c1c(F)cccc1F. The lowest BCUT2D eigenvalue weighted by Gasteiger charge is -2.31. The van der Waals surface area contributed by atoms with Crippen LogP contribution >= 0.6 is 0 Å². The van der Waals surface area contributed by atoms with Crippen LogP contribution in [0.3, 0.4) is 0 Å². The van der Waals surface area contributed by atoms with Crippen LogP contribution in [0.2, 0.25) is 0 Å². The van der Waals surface area contributed by atoms with E-state index in [2.05, 4.69) is 5.32 Å². The van der Waals surface area contributed by atoms with Gasteiger partial charge in [-0.05, 0) is 31.5 Å². The molecule has 1 heterocycles. The Hall–Kier alpha value is -0.960. The first-order valence-electron chi connectivity index (χ1n) is 5.77. The van der Waals surface area contributed by atoms with Crippen LogP contribution in [0.1, 0.15) is 32.3 Å². The molecule has 0 bridgehead atoms. The number of hydrogen-bond donors (Lipinski definition) is 1. The molecule has 0 saturated carbocycles. The molecule has 0 aromatic heterocycles. The number of hydrogen-bond acceptors (Lipinski definition) is 1. The third-order valence-electron chi connectivity index (χ3n) is 3.75. The summed E-state index contributed by atoms with van der Waals surface area (Å²) < 4.78 is 27.6. The average molecular weight is 225 g/mol. The molecular formula is C13H17F2N. The Morgan fingerprint density at radius 1 is 1.38 bits per heavy atom. The molecule has 1 nitrogen and oxygen atoms in total. The summed E-state index contributed by atoms with van der Waals surface area (Å²) in [5, 5.41) is 3.32. The molecule has 1 aromatic rings. The highest BCUT2D eigenvalue weighted by Crippen LogP contribution is 2.39. The van der Waals surface area contributed by atoms with Gasteiger partial charge in [0, 0.05) is 17.0 Å². The minimum Gasteiger partial charge on any atom is -0.313 e. The summed E-state index contributed by atoms with van der Waals surface area (Å²) in [5.74, 6) is -0.852. The molecule has 1 aromatic carbocycles. The van der Waals surface area contributed by atoms with Crippen LogP contribution in [-0.4, -0.2) is 12.6 Å². The molecule has 88 valence electrons. The van der Waals surface area contributed by atoms with Crippen LogP contribution in [-0.2, 0) is 5.41 Å². The van der Waals surface area contributed by atoms with Gasteiger partial charge >= 0.3 is 0 Å². The van der Waals surface area contributed by atoms with E-state index in [9.17, 15) is 8.78 Å². The minimum absolute atomic E-state index is 0.152. The van der Waals surface area contributed by atoms with E-state index in [0.717, 1.165) is 19.4 Å². The zero-order valence-electron chi connectivity index (χ0n) is 9.69. The third-order valence-corrected chi connectivity index (χ3v) is 3.75. The molecule has 16 heavy (non-hydrogen) atoms. The lowest BCUT2D eigenvalue weighted by atomic mass is 9.74. The van der Waals surface area contributed by atoms with Crippen LogP contribution in [0.25, 0.3) is 0 Å². The first-order valence-corrected chi connectivity index (χ1v) is 5.77. The minimum atomic E-state index is -0.426. The van der Waals surface area contributed by atoms with Crippen LogP contribution in [0.5, 0.6) is 0 Å². The smallest absolute Gasteiger partial charge is 0.129 e. The molecule has 2 atom stereocenters. The van der Waals surface area contributed by atoms with Gasteiger partial charge in [-0.25, -0.2) is 8.78 Å². The van der Waals surface area contributed by atoms with E-state index in [4.69, 9.17) is 0 Å². The standard InChI is InChI=1S/C13H17F2N/c1-3-11-13(2,7-8-16-11)12-9(14)5-4-6-10(12)15/h4-6,11,16H,3,7-8H2,1-2H3. The summed E-state index contributed by atoms with van der Waals surface area (Å²) >= 11 is 0. The zero-order chi connectivity index (χ0) is 11.8. The van der Waals surface area contributed by atoms with E-state index >= 15 is 0 Å². The summed E-state index contributed by atoms with van der Waals surface area (Å²) in [6.07, 6.45) is 1.66. The van der Waals surface area contributed by atoms with Gasteiger partial charge in [0.1, 0.15) is 11.6 Å². The average Bonchev–Trinajstić information content (AvgIpc) is 2.60. The monoisotopic (exact) mass is 225 g/mol. The van der Waals surface area contributed by atoms with Gasteiger partial charge < -0.3 is 5.32 Å². The number of halogens is 2.